The molecule has 0 N–H and O–H groups in total. The van der Waals surface area contributed by atoms with Gasteiger partial charge in [-0.3, -0.25) is 0 Å². The van der Waals surface area contributed by atoms with Crippen LogP contribution in [-0.2, 0) is 0 Å². The summed E-state index contributed by atoms with van der Waals surface area (Å²) in [7, 11) is 0. The van der Waals surface area contributed by atoms with Crippen molar-refractivity contribution >= 4 is 11.1 Å². The van der Waals surface area contributed by atoms with E-state index in [2.05, 4.69) is 79.4 Å². The van der Waals surface area contributed by atoms with Crippen LogP contribution in [0.4, 0.5) is 0 Å². The molecule has 3 rings (SSSR count). The zero-order valence-electron chi connectivity index (χ0n) is 14.8. The van der Waals surface area contributed by atoms with Crippen LogP contribution in [0.5, 0.6) is 0 Å². The maximum atomic E-state index is 4.11. The Hall–Kier alpha value is -2.34. The minimum Gasteiger partial charge on any atom is -0.0917 e. The summed E-state index contributed by atoms with van der Waals surface area (Å²) in [6.07, 6.45) is 5.33. The molecule has 0 fully saturated rings. The summed E-state index contributed by atoms with van der Waals surface area (Å²) < 4.78 is 0. The van der Waals surface area contributed by atoms with E-state index in [4.69, 9.17) is 0 Å². The zero-order chi connectivity index (χ0) is 17.1. The van der Waals surface area contributed by atoms with Gasteiger partial charge in [-0.25, -0.2) is 0 Å². The molecule has 0 aromatic heterocycles. The molecule has 1 aliphatic rings. The summed E-state index contributed by atoms with van der Waals surface area (Å²) in [5.74, 6) is 0. The lowest BCUT2D eigenvalue weighted by Gasteiger charge is -2.17. The van der Waals surface area contributed by atoms with E-state index in [1.54, 1.807) is 0 Å². The van der Waals surface area contributed by atoms with Crippen LogP contribution < -0.4 is 0 Å². The number of rotatable bonds is 2. The van der Waals surface area contributed by atoms with Crippen LogP contribution in [0, 0.1) is 0 Å². The van der Waals surface area contributed by atoms with E-state index >= 15 is 0 Å². The normalized spacial score (nSPS) is 12.8. The third-order valence-corrected chi connectivity index (χ3v) is 3.39. The predicted molar refractivity (Wildman–Crippen MR) is 105 cm³/mol. The fraction of sp³-hybridized carbons (Fsp3) is 0.217. The summed E-state index contributed by atoms with van der Waals surface area (Å²) in [5.41, 5.74) is 6.32. The summed E-state index contributed by atoms with van der Waals surface area (Å²) in [6, 6.07) is 21.1. The lowest BCUT2D eigenvalue weighted by atomic mass is 9.88. The van der Waals surface area contributed by atoms with Crippen LogP contribution in [-0.4, -0.2) is 0 Å². The first-order valence-corrected chi connectivity index (χ1v) is 8.54. The molecule has 0 aliphatic heterocycles. The number of hydrogen-bond donors (Lipinski definition) is 0. The Labute approximate surface area is 141 Å². The molecule has 0 atom stereocenters. The first-order valence-electron chi connectivity index (χ1n) is 8.54. The molecular formula is C23H28. The third kappa shape index (κ3) is 5.41. The van der Waals surface area contributed by atoms with Crippen molar-refractivity contribution in [3.63, 3.8) is 0 Å². The van der Waals surface area contributed by atoms with Gasteiger partial charge in [0.25, 0.3) is 0 Å². The van der Waals surface area contributed by atoms with E-state index < -0.39 is 0 Å². The van der Waals surface area contributed by atoms with Crippen molar-refractivity contribution in [2.45, 2.75) is 34.1 Å². The number of benzene rings is 2. The molecule has 23 heavy (non-hydrogen) atoms. The lowest BCUT2D eigenvalue weighted by molar-refractivity contribution is 1.35. The van der Waals surface area contributed by atoms with Crippen molar-refractivity contribution < 1.29 is 0 Å². The second-order valence-electron chi connectivity index (χ2n) is 4.82. The Balaban J connectivity index is 0.000000615. The maximum Gasteiger partial charge on any atom is -0.00135 e. The molecule has 2 aromatic rings. The molecule has 0 nitrogen and oxygen atoms in total. The molecule has 2 aromatic carbocycles. The summed E-state index contributed by atoms with van der Waals surface area (Å²) in [6.45, 7) is 12.1. The van der Waals surface area contributed by atoms with E-state index in [-0.39, 0.29) is 0 Å². The second kappa shape index (κ2) is 10.4. The Morgan fingerprint density at radius 2 is 0.957 bits per heavy atom. The van der Waals surface area contributed by atoms with Gasteiger partial charge in [0.05, 0.1) is 0 Å². The molecule has 0 bridgehead atoms. The van der Waals surface area contributed by atoms with Crippen LogP contribution >= 0.6 is 0 Å². The van der Waals surface area contributed by atoms with Crippen LogP contribution in [0.2, 0.25) is 0 Å². The minimum atomic E-state index is 0.965. The molecule has 0 spiro atoms. The van der Waals surface area contributed by atoms with Crippen LogP contribution in [0.1, 0.15) is 45.2 Å². The summed E-state index contributed by atoms with van der Waals surface area (Å²) in [4.78, 5) is 0. The fourth-order valence-corrected chi connectivity index (χ4v) is 2.47. The van der Waals surface area contributed by atoms with Crippen molar-refractivity contribution in [3.05, 3.63) is 96.1 Å². The summed E-state index contributed by atoms with van der Waals surface area (Å²) >= 11 is 0. The van der Waals surface area contributed by atoms with Crippen LogP contribution in [0.25, 0.3) is 11.1 Å². The van der Waals surface area contributed by atoms with Gasteiger partial charge in [0.1, 0.15) is 0 Å². The molecule has 0 heteroatoms. The lowest BCUT2D eigenvalue weighted by Crippen LogP contribution is -1.95. The SMILES string of the molecule is C=C1C=C(c2ccccc2)CC(c2ccccc2)=C1.CC.CC. The largest absolute Gasteiger partial charge is 0.0917 e. The quantitative estimate of drug-likeness (QED) is 0.552. The van der Waals surface area contributed by atoms with Crippen molar-refractivity contribution in [2.24, 2.45) is 0 Å². The minimum absolute atomic E-state index is 0.965. The topological polar surface area (TPSA) is 0 Å². The number of hydrogen-bond acceptors (Lipinski definition) is 0. The van der Waals surface area contributed by atoms with E-state index in [1.165, 1.54) is 22.3 Å². The van der Waals surface area contributed by atoms with Gasteiger partial charge in [-0.2, -0.15) is 0 Å². The highest BCUT2D eigenvalue weighted by Crippen LogP contribution is 2.33. The number of allylic oxidation sites excluding steroid dienone is 5. The first kappa shape index (κ1) is 18.7. The van der Waals surface area contributed by atoms with E-state index in [9.17, 15) is 0 Å². The molecule has 0 saturated carbocycles. The highest BCUT2D eigenvalue weighted by atomic mass is 14.2. The van der Waals surface area contributed by atoms with Crippen molar-refractivity contribution in [3.8, 4) is 0 Å². The molecule has 0 amide bonds. The third-order valence-electron chi connectivity index (χ3n) is 3.39. The molecule has 0 heterocycles. The van der Waals surface area contributed by atoms with Gasteiger partial charge in [0, 0.05) is 0 Å². The van der Waals surface area contributed by atoms with E-state index in [0.29, 0.717) is 0 Å². The Morgan fingerprint density at radius 1 is 0.609 bits per heavy atom. The van der Waals surface area contributed by atoms with Gasteiger partial charge in [-0.05, 0) is 34.3 Å². The monoisotopic (exact) mass is 304 g/mol. The van der Waals surface area contributed by atoms with Crippen molar-refractivity contribution in [1.29, 1.82) is 0 Å². The smallest absolute Gasteiger partial charge is 0.00135 e. The standard InChI is InChI=1S/C19H16.2C2H6/c1-15-12-18(16-8-4-2-5-9-16)14-19(13-15)17-10-6-3-7-11-17;2*1-2/h2-13H,1,14H2;2*1-2H3. The van der Waals surface area contributed by atoms with E-state index in [0.717, 1.165) is 12.0 Å². The van der Waals surface area contributed by atoms with Crippen molar-refractivity contribution in [2.75, 3.05) is 0 Å². The van der Waals surface area contributed by atoms with Crippen LogP contribution in [0.3, 0.4) is 0 Å². The van der Waals surface area contributed by atoms with Gasteiger partial charge in [-0.1, -0.05) is 107 Å². The first-order chi connectivity index (χ1) is 11.3. The molecule has 1 aliphatic carbocycles. The summed E-state index contributed by atoms with van der Waals surface area (Å²) in [5, 5.41) is 0. The molecule has 0 unspecified atom stereocenters. The molecular weight excluding hydrogens is 276 g/mol. The van der Waals surface area contributed by atoms with Crippen LogP contribution in [0.15, 0.2) is 85.0 Å². The van der Waals surface area contributed by atoms with E-state index in [1.807, 2.05) is 27.7 Å². The Morgan fingerprint density at radius 3 is 1.30 bits per heavy atom. The zero-order valence-corrected chi connectivity index (χ0v) is 14.8. The predicted octanol–water partition coefficient (Wildman–Crippen LogP) is 7.17. The molecule has 0 saturated heterocycles. The van der Waals surface area contributed by atoms with Gasteiger partial charge < -0.3 is 0 Å². The average molecular weight is 304 g/mol. The maximum absolute atomic E-state index is 4.11. The highest BCUT2D eigenvalue weighted by Gasteiger charge is 2.11. The average Bonchev–Trinajstić information content (AvgIpc) is 2.66. The van der Waals surface area contributed by atoms with Gasteiger partial charge >= 0.3 is 0 Å². The van der Waals surface area contributed by atoms with Crippen molar-refractivity contribution in [1.82, 2.24) is 0 Å². The molecule has 120 valence electrons. The Kier molecular flexibility index (Phi) is 8.46. The second-order valence-corrected chi connectivity index (χ2v) is 4.82. The fourth-order valence-electron chi connectivity index (χ4n) is 2.47. The van der Waals surface area contributed by atoms with Gasteiger partial charge in [0.2, 0.25) is 0 Å². The molecule has 0 radical (unpaired) electrons. The van der Waals surface area contributed by atoms with Gasteiger partial charge in [0.15, 0.2) is 0 Å². The van der Waals surface area contributed by atoms with Gasteiger partial charge in [-0.15, -0.1) is 0 Å². The Bertz CT molecular complexity index is 585. The highest BCUT2D eigenvalue weighted by molar-refractivity contribution is 5.85.